The molecule has 0 saturated heterocycles. The van der Waals surface area contributed by atoms with Crippen LogP contribution in [-0.2, 0) is 13.0 Å². The molecule has 0 fully saturated rings. The molecule has 3 nitrogen and oxygen atoms in total. The third-order valence-electron chi connectivity index (χ3n) is 2.39. The predicted octanol–water partition coefficient (Wildman–Crippen LogP) is 2.68. The van der Waals surface area contributed by atoms with Crippen molar-refractivity contribution in [3.63, 3.8) is 0 Å². The van der Waals surface area contributed by atoms with E-state index in [1.54, 1.807) is 16.8 Å². The van der Waals surface area contributed by atoms with E-state index in [9.17, 15) is 4.39 Å². The molecule has 2 aromatic rings. The van der Waals surface area contributed by atoms with Crippen LogP contribution in [0.4, 0.5) is 4.39 Å². The van der Waals surface area contributed by atoms with Gasteiger partial charge in [-0.25, -0.2) is 9.37 Å². The van der Waals surface area contributed by atoms with E-state index >= 15 is 0 Å². The molecule has 0 saturated carbocycles. The zero-order valence-corrected chi connectivity index (χ0v) is 9.58. The molecule has 0 spiro atoms. The van der Waals surface area contributed by atoms with Crippen molar-refractivity contribution in [1.29, 1.82) is 0 Å². The van der Waals surface area contributed by atoms with E-state index in [0.717, 1.165) is 5.82 Å². The number of aromatic nitrogens is 3. The number of hydrogen-bond acceptors (Lipinski definition) is 2. The van der Waals surface area contributed by atoms with E-state index in [2.05, 4.69) is 10.1 Å². The van der Waals surface area contributed by atoms with Gasteiger partial charge in [-0.1, -0.05) is 17.7 Å². The number of halogens is 2. The van der Waals surface area contributed by atoms with Crippen molar-refractivity contribution in [2.75, 3.05) is 0 Å². The van der Waals surface area contributed by atoms with Gasteiger partial charge in [0, 0.05) is 23.6 Å². The first-order valence-corrected chi connectivity index (χ1v) is 5.39. The fraction of sp³-hybridized carbons (Fsp3) is 0.273. The van der Waals surface area contributed by atoms with Crippen molar-refractivity contribution >= 4 is 11.6 Å². The number of benzene rings is 1. The van der Waals surface area contributed by atoms with E-state index in [4.69, 9.17) is 11.6 Å². The summed E-state index contributed by atoms with van der Waals surface area (Å²) in [4.78, 5) is 4.09. The summed E-state index contributed by atoms with van der Waals surface area (Å²) in [6.45, 7) is 2.67. The first-order chi connectivity index (χ1) is 7.72. The van der Waals surface area contributed by atoms with Crippen LogP contribution in [0.5, 0.6) is 0 Å². The highest BCUT2D eigenvalue weighted by Crippen LogP contribution is 2.21. The zero-order valence-electron chi connectivity index (χ0n) is 8.82. The summed E-state index contributed by atoms with van der Waals surface area (Å²) in [5, 5.41) is 4.45. The second-order valence-electron chi connectivity index (χ2n) is 3.37. The molecule has 1 aromatic heterocycles. The molecule has 0 N–H and O–H groups in total. The molecule has 2 rings (SSSR count). The minimum absolute atomic E-state index is 0.307. The van der Waals surface area contributed by atoms with Crippen molar-refractivity contribution in [3.8, 4) is 0 Å². The van der Waals surface area contributed by atoms with Gasteiger partial charge >= 0.3 is 0 Å². The summed E-state index contributed by atoms with van der Waals surface area (Å²) >= 11 is 5.94. The highest BCUT2D eigenvalue weighted by atomic mass is 35.5. The lowest BCUT2D eigenvalue weighted by atomic mass is 10.1. The van der Waals surface area contributed by atoms with Crippen LogP contribution in [0.15, 0.2) is 24.5 Å². The first kappa shape index (κ1) is 11.1. The molecule has 1 aromatic carbocycles. The van der Waals surface area contributed by atoms with Gasteiger partial charge in [-0.05, 0) is 19.1 Å². The van der Waals surface area contributed by atoms with Crippen LogP contribution < -0.4 is 0 Å². The molecule has 0 aliphatic carbocycles. The van der Waals surface area contributed by atoms with Crippen molar-refractivity contribution in [2.24, 2.45) is 0 Å². The summed E-state index contributed by atoms with van der Waals surface area (Å²) in [6, 6.07) is 4.66. The third-order valence-corrected chi connectivity index (χ3v) is 2.75. The minimum atomic E-state index is -0.307. The molecule has 0 atom stereocenters. The molecular formula is C11H11ClFN3. The SMILES string of the molecule is CCn1ncnc1Cc1c(F)cccc1Cl. The Morgan fingerprint density at radius 3 is 2.94 bits per heavy atom. The van der Waals surface area contributed by atoms with Crippen LogP contribution in [0.3, 0.4) is 0 Å². The van der Waals surface area contributed by atoms with Gasteiger partial charge in [0.2, 0.25) is 0 Å². The van der Waals surface area contributed by atoms with Crippen LogP contribution in [0.1, 0.15) is 18.3 Å². The van der Waals surface area contributed by atoms with E-state index in [-0.39, 0.29) is 5.82 Å². The standard InChI is InChI=1S/C11H11ClFN3/c1-2-16-11(14-7-15-16)6-8-9(12)4-3-5-10(8)13/h3-5,7H,2,6H2,1H3. The molecule has 0 aliphatic heterocycles. The monoisotopic (exact) mass is 239 g/mol. The Labute approximate surface area is 97.9 Å². The quantitative estimate of drug-likeness (QED) is 0.825. The van der Waals surface area contributed by atoms with Gasteiger partial charge in [-0.15, -0.1) is 0 Å². The molecule has 5 heteroatoms. The summed E-state index contributed by atoms with van der Waals surface area (Å²) < 4.78 is 15.3. The topological polar surface area (TPSA) is 30.7 Å². The maximum absolute atomic E-state index is 13.5. The molecule has 1 heterocycles. The fourth-order valence-electron chi connectivity index (χ4n) is 1.55. The molecule has 0 unspecified atom stereocenters. The summed E-state index contributed by atoms with van der Waals surface area (Å²) in [6.07, 6.45) is 1.83. The van der Waals surface area contributed by atoms with Crippen molar-refractivity contribution in [2.45, 2.75) is 19.9 Å². The maximum Gasteiger partial charge on any atom is 0.138 e. The second kappa shape index (κ2) is 4.61. The smallest absolute Gasteiger partial charge is 0.138 e. The Morgan fingerprint density at radius 1 is 1.44 bits per heavy atom. The Kier molecular flexibility index (Phi) is 3.19. The lowest BCUT2D eigenvalue weighted by Crippen LogP contribution is -2.05. The summed E-state index contributed by atoms with van der Waals surface area (Å²) in [5.74, 6) is 0.410. The Hall–Kier alpha value is -1.42. The highest BCUT2D eigenvalue weighted by Gasteiger charge is 2.11. The maximum atomic E-state index is 13.5. The van der Waals surface area contributed by atoms with E-state index < -0.39 is 0 Å². The number of aryl methyl sites for hydroxylation is 1. The fourth-order valence-corrected chi connectivity index (χ4v) is 1.78. The number of hydrogen-bond donors (Lipinski definition) is 0. The molecule has 84 valence electrons. The zero-order chi connectivity index (χ0) is 11.5. The van der Waals surface area contributed by atoms with Gasteiger partial charge < -0.3 is 0 Å². The Morgan fingerprint density at radius 2 is 2.25 bits per heavy atom. The number of nitrogens with zero attached hydrogens (tertiary/aromatic N) is 3. The van der Waals surface area contributed by atoms with Crippen LogP contribution >= 0.6 is 11.6 Å². The van der Waals surface area contributed by atoms with Crippen molar-refractivity contribution < 1.29 is 4.39 Å². The van der Waals surface area contributed by atoms with Gasteiger partial charge in [-0.2, -0.15) is 5.10 Å². The van der Waals surface area contributed by atoms with Crippen LogP contribution in [-0.4, -0.2) is 14.8 Å². The van der Waals surface area contributed by atoms with E-state index in [1.165, 1.54) is 12.4 Å². The van der Waals surface area contributed by atoms with Crippen LogP contribution in [0.2, 0.25) is 5.02 Å². The normalized spacial score (nSPS) is 10.7. The van der Waals surface area contributed by atoms with Crippen LogP contribution in [0.25, 0.3) is 0 Å². The Balaban J connectivity index is 2.34. The molecular weight excluding hydrogens is 229 g/mol. The van der Waals surface area contributed by atoms with Crippen molar-refractivity contribution in [1.82, 2.24) is 14.8 Å². The Bertz CT molecular complexity index is 475. The molecule has 16 heavy (non-hydrogen) atoms. The van der Waals surface area contributed by atoms with Gasteiger partial charge in [0.15, 0.2) is 0 Å². The highest BCUT2D eigenvalue weighted by molar-refractivity contribution is 6.31. The third kappa shape index (κ3) is 2.07. The molecule has 0 radical (unpaired) electrons. The first-order valence-electron chi connectivity index (χ1n) is 5.02. The van der Waals surface area contributed by atoms with Gasteiger partial charge in [0.1, 0.15) is 18.0 Å². The molecule has 0 bridgehead atoms. The number of rotatable bonds is 3. The van der Waals surface area contributed by atoms with Crippen LogP contribution in [0, 0.1) is 5.82 Å². The predicted molar refractivity (Wildman–Crippen MR) is 59.9 cm³/mol. The molecule has 0 amide bonds. The minimum Gasteiger partial charge on any atom is -0.250 e. The van der Waals surface area contributed by atoms with E-state index in [1.807, 2.05) is 6.92 Å². The van der Waals surface area contributed by atoms with E-state index in [0.29, 0.717) is 23.6 Å². The second-order valence-corrected chi connectivity index (χ2v) is 3.78. The molecule has 0 aliphatic rings. The lowest BCUT2D eigenvalue weighted by molar-refractivity contribution is 0.595. The van der Waals surface area contributed by atoms with Crippen molar-refractivity contribution in [3.05, 3.63) is 46.8 Å². The van der Waals surface area contributed by atoms with Gasteiger partial charge in [0.25, 0.3) is 0 Å². The average Bonchev–Trinajstić information content (AvgIpc) is 2.71. The average molecular weight is 240 g/mol. The summed E-state index contributed by atoms with van der Waals surface area (Å²) in [7, 11) is 0. The largest absolute Gasteiger partial charge is 0.250 e. The van der Waals surface area contributed by atoms with Gasteiger partial charge in [0.05, 0.1) is 0 Å². The lowest BCUT2D eigenvalue weighted by Gasteiger charge is -2.06. The summed E-state index contributed by atoms with van der Waals surface area (Å²) in [5.41, 5.74) is 0.465. The van der Waals surface area contributed by atoms with Gasteiger partial charge in [-0.3, -0.25) is 4.68 Å².